The average molecular weight is 371 g/mol. The van der Waals surface area contributed by atoms with Crippen LogP contribution in [-0.2, 0) is 0 Å². The molecule has 2 rings (SSSR count). The van der Waals surface area contributed by atoms with E-state index in [1.54, 1.807) is 6.07 Å². The third kappa shape index (κ3) is 5.06. The molecule has 0 radical (unpaired) electrons. The van der Waals surface area contributed by atoms with E-state index in [1.165, 1.54) is 18.6 Å². The van der Waals surface area contributed by atoms with Crippen LogP contribution in [0.2, 0.25) is 0 Å². The van der Waals surface area contributed by atoms with Crippen molar-refractivity contribution in [3.8, 4) is 0 Å². The minimum Gasteiger partial charge on any atom is -0.352 e. The van der Waals surface area contributed by atoms with Gasteiger partial charge in [0.2, 0.25) is 0 Å². The summed E-state index contributed by atoms with van der Waals surface area (Å²) < 4.78 is 13.8. The first-order valence-electron chi connectivity index (χ1n) is 7.91. The third-order valence-corrected chi connectivity index (χ3v) is 4.75. The molecule has 1 heterocycles. The lowest BCUT2D eigenvalue weighted by Crippen LogP contribution is -2.40. The van der Waals surface area contributed by atoms with Crippen LogP contribution in [0.15, 0.2) is 22.7 Å². The van der Waals surface area contributed by atoms with Crippen molar-refractivity contribution in [2.45, 2.75) is 26.7 Å². The molecule has 1 N–H and O–H groups in total. The molecule has 1 saturated heterocycles. The fraction of sp³-hybridized carbons (Fsp3) is 0.588. The number of benzene rings is 1. The Morgan fingerprint density at radius 2 is 2.05 bits per heavy atom. The first kappa shape index (κ1) is 17.4. The van der Waals surface area contributed by atoms with E-state index < -0.39 is 5.82 Å². The van der Waals surface area contributed by atoms with Crippen LogP contribution in [-0.4, -0.2) is 37.0 Å². The van der Waals surface area contributed by atoms with E-state index in [-0.39, 0.29) is 5.91 Å². The predicted molar refractivity (Wildman–Crippen MR) is 90.4 cm³/mol. The molecule has 2 atom stereocenters. The summed E-state index contributed by atoms with van der Waals surface area (Å²) in [6.45, 7) is 8.50. The number of likely N-dealkylation sites (tertiary alicyclic amines) is 1. The average Bonchev–Trinajstić information content (AvgIpc) is 2.45. The van der Waals surface area contributed by atoms with Crippen molar-refractivity contribution >= 4 is 21.8 Å². The molecule has 1 aromatic rings. The summed E-state index contributed by atoms with van der Waals surface area (Å²) in [6.07, 6.45) is 2.22. The van der Waals surface area contributed by atoms with Crippen LogP contribution in [0.25, 0.3) is 0 Å². The van der Waals surface area contributed by atoms with Crippen molar-refractivity contribution < 1.29 is 9.18 Å². The van der Waals surface area contributed by atoms with Crippen LogP contribution >= 0.6 is 15.9 Å². The van der Waals surface area contributed by atoms with Gasteiger partial charge in [0.15, 0.2) is 0 Å². The van der Waals surface area contributed by atoms with Crippen molar-refractivity contribution in [2.75, 3.05) is 26.2 Å². The number of nitrogens with one attached hydrogen (secondary N) is 1. The number of carbonyl (C=O) groups is 1. The lowest BCUT2D eigenvalue weighted by Gasteiger charge is -2.34. The van der Waals surface area contributed by atoms with Gasteiger partial charge in [-0.05, 0) is 65.4 Å². The quantitative estimate of drug-likeness (QED) is 0.801. The molecule has 3 nitrogen and oxygen atoms in total. The summed E-state index contributed by atoms with van der Waals surface area (Å²) in [5, 5.41) is 2.87. The maximum absolute atomic E-state index is 13.2. The molecule has 22 heavy (non-hydrogen) atoms. The smallest absolute Gasteiger partial charge is 0.252 e. The number of hydrogen-bond donors (Lipinski definition) is 1. The van der Waals surface area contributed by atoms with E-state index in [2.05, 4.69) is 40.0 Å². The fourth-order valence-electron chi connectivity index (χ4n) is 3.25. The molecule has 0 saturated carbocycles. The third-order valence-electron chi connectivity index (χ3n) is 4.05. The Labute approximate surface area is 140 Å². The highest BCUT2D eigenvalue weighted by Crippen LogP contribution is 2.21. The maximum atomic E-state index is 13.2. The number of hydrogen-bond acceptors (Lipinski definition) is 2. The van der Waals surface area contributed by atoms with Gasteiger partial charge in [0.1, 0.15) is 5.82 Å². The number of nitrogens with zero attached hydrogens (tertiary/aromatic N) is 1. The normalized spacial score (nSPS) is 22.5. The van der Waals surface area contributed by atoms with Gasteiger partial charge in [-0.25, -0.2) is 4.39 Å². The Kier molecular flexibility index (Phi) is 6.38. The van der Waals surface area contributed by atoms with Crippen molar-refractivity contribution in [1.82, 2.24) is 10.2 Å². The molecule has 0 unspecified atom stereocenters. The van der Waals surface area contributed by atoms with Gasteiger partial charge in [0.25, 0.3) is 5.91 Å². The Morgan fingerprint density at radius 3 is 2.73 bits per heavy atom. The number of carbonyl (C=O) groups excluding carboxylic acids is 1. The van der Waals surface area contributed by atoms with Crippen molar-refractivity contribution in [3.05, 3.63) is 34.1 Å². The number of amides is 1. The van der Waals surface area contributed by atoms with E-state index in [0.29, 0.717) is 16.6 Å². The number of piperidine rings is 1. The van der Waals surface area contributed by atoms with Crippen molar-refractivity contribution in [2.24, 2.45) is 11.8 Å². The standard InChI is InChI=1S/C17H24BrFN2O/c1-12-8-13(2)11-21(10-12)7-3-6-20-17(22)15-9-14(19)4-5-16(15)18/h4-5,9,12-13H,3,6-8,10-11H2,1-2H3,(H,20,22)/t12-,13+. The molecular weight excluding hydrogens is 347 g/mol. The molecule has 1 aromatic carbocycles. The Morgan fingerprint density at radius 1 is 1.36 bits per heavy atom. The van der Waals surface area contributed by atoms with Gasteiger partial charge >= 0.3 is 0 Å². The summed E-state index contributed by atoms with van der Waals surface area (Å²) in [7, 11) is 0. The summed E-state index contributed by atoms with van der Waals surface area (Å²) in [5.74, 6) is 0.875. The summed E-state index contributed by atoms with van der Waals surface area (Å²) >= 11 is 3.28. The van der Waals surface area contributed by atoms with Crippen LogP contribution < -0.4 is 5.32 Å². The minimum atomic E-state index is -0.398. The molecule has 5 heteroatoms. The predicted octanol–water partition coefficient (Wildman–Crippen LogP) is 3.69. The second-order valence-electron chi connectivity index (χ2n) is 6.44. The van der Waals surface area contributed by atoms with Crippen LogP contribution in [0.3, 0.4) is 0 Å². The van der Waals surface area contributed by atoms with Crippen LogP contribution in [0.1, 0.15) is 37.0 Å². The molecule has 1 fully saturated rings. The van der Waals surface area contributed by atoms with Gasteiger partial charge in [-0.3, -0.25) is 4.79 Å². The zero-order valence-electron chi connectivity index (χ0n) is 13.2. The first-order valence-corrected chi connectivity index (χ1v) is 8.70. The zero-order chi connectivity index (χ0) is 16.1. The lowest BCUT2D eigenvalue weighted by molar-refractivity contribution is 0.0946. The van der Waals surface area contributed by atoms with E-state index >= 15 is 0 Å². The molecule has 1 aliphatic rings. The van der Waals surface area contributed by atoms with Gasteiger partial charge in [0, 0.05) is 24.1 Å². The number of rotatable bonds is 5. The first-order chi connectivity index (χ1) is 10.5. The lowest BCUT2D eigenvalue weighted by atomic mass is 9.92. The van der Waals surface area contributed by atoms with Crippen LogP contribution in [0.4, 0.5) is 4.39 Å². The van der Waals surface area contributed by atoms with Crippen LogP contribution in [0, 0.1) is 17.7 Å². The second-order valence-corrected chi connectivity index (χ2v) is 7.29. The van der Waals surface area contributed by atoms with Gasteiger partial charge in [-0.1, -0.05) is 13.8 Å². The molecule has 1 amide bonds. The summed E-state index contributed by atoms with van der Waals surface area (Å²) in [4.78, 5) is 14.5. The van der Waals surface area contributed by atoms with Gasteiger partial charge in [0.05, 0.1) is 5.56 Å². The van der Waals surface area contributed by atoms with Crippen molar-refractivity contribution in [1.29, 1.82) is 0 Å². The van der Waals surface area contributed by atoms with Gasteiger partial charge < -0.3 is 10.2 Å². The Hall–Kier alpha value is -0.940. The Balaban J connectivity index is 1.74. The maximum Gasteiger partial charge on any atom is 0.252 e. The van der Waals surface area contributed by atoms with Crippen molar-refractivity contribution in [3.63, 3.8) is 0 Å². The van der Waals surface area contributed by atoms with Gasteiger partial charge in [-0.2, -0.15) is 0 Å². The van der Waals surface area contributed by atoms with E-state index in [1.807, 2.05) is 0 Å². The molecule has 0 spiro atoms. The highest BCUT2D eigenvalue weighted by molar-refractivity contribution is 9.10. The van der Waals surface area contributed by atoms with Gasteiger partial charge in [-0.15, -0.1) is 0 Å². The molecule has 0 bridgehead atoms. The molecular formula is C17H24BrFN2O. The topological polar surface area (TPSA) is 32.3 Å². The minimum absolute atomic E-state index is 0.230. The zero-order valence-corrected chi connectivity index (χ0v) is 14.8. The highest BCUT2D eigenvalue weighted by atomic mass is 79.9. The fourth-order valence-corrected chi connectivity index (χ4v) is 3.67. The van der Waals surface area contributed by atoms with E-state index in [9.17, 15) is 9.18 Å². The molecule has 0 aliphatic carbocycles. The SMILES string of the molecule is C[C@@H]1C[C@H](C)CN(CCCNC(=O)c2cc(F)ccc2Br)C1. The Bertz CT molecular complexity index is 513. The molecule has 122 valence electrons. The summed E-state index contributed by atoms with van der Waals surface area (Å²) in [5.41, 5.74) is 0.347. The van der Waals surface area contributed by atoms with Crippen LogP contribution in [0.5, 0.6) is 0 Å². The monoisotopic (exact) mass is 370 g/mol. The summed E-state index contributed by atoms with van der Waals surface area (Å²) in [6, 6.07) is 4.15. The largest absolute Gasteiger partial charge is 0.352 e. The highest BCUT2D eigenvalue weighted by Gasteiger charge is 2.21. The number of halogens is 2. The van der Waals surface area contributed by atoms with E-state index in [0.717, 1.165) is 37.9 Å². The molecule has 0 aromatic heterocycles. The second kappa shape index (κ2) is 8.06. The molecule has 1 aliphatic heterocycles. The van der Waals surface area contributed by atoms with E-state index in [4.69, 9.17) is 0 Å².